The summed E-state index contributed by atoms with van der Waals surface area (Å²) < 4.78 is 18.6. The van der Waals surface area contributed by atoms with E-state index in [2.05, 4.69) is 67.7 Å². The third kappa shape index (κ3) is 6.15. The van der Waals surface area contributed by atoms with Crippen LogP contribution in [0.5, 0.6) is 11.5 Å². The molecule has 25 heavy (non-hydrogen) atoms. The molecule has 0 N–H and O–H groups in total. The summed E-state index contributed by atoms with van der Waals surface area (Å²) in [5.74, 6) is 1.66. The molecule has 0 spiro atoms. The topological polar surface area (TPSA) is 27.7 Å². The van der Waals surface area contributed by atoms with Crippen molar-refractivity contribution in [2.45, 2.75) is 77.8 Å². The van der Waals surface area contributed by atoms with Crippen LogP contribution in [0.15, 0.2) is 24.3 Å². The van der Waals surface area contributed by atoms with Gasteiger partial charge >= 0.3 is 0 Å². The van der Waals surface area contributed by atoms with Crippen LogP contribution in [0, 0.1) is 0 Å². The standard InChI is InChI=1S/C20H38O3Si2/c1-19(2,3)24(7,8)22-16-15-21-17-13-11-12-14-18(17)23-25(9,10)20(4,5)6/h11-14H,15-16H2,1-10H3. The zero-order chi connectivity index (χ0) is 19.5. The van der Waals surface area contributed by atoms with E-state index in [-0.39, 0.29) is 10.1 Å². The number of ether oxygens (including phenoxy) is 1. The van der Waals surface area contributed by atoms with Gasteiger partial charge in [-0.1, -0.05) is 53.7 Å². The van der Waals surface area contributed by atoms with Gasteiger partial charge in [-0.05, 0) is 48.4 Å². The molecule has 144 valence electrons. The summed E-state index contributed by atoms with van der Waals surface area (Å²) >= 11 is 0. The molecular formula is C20H38O3Si2. The van der Waals surface area contributed by atoms with Gasteiger partial charge in [-0.2, -0.15) is 0 Å². The Morgan fingerprint density at radius 2 is 1.20 bits per heavy atom. The molecule has 0 unspecified atom stereocenters. The molecule has 0 heterocycles. The van der Waals surface area contributed by atoms with Crippen molar-refractivity contribution in [1.82, 2.24) is 0 Å². The van der Waals surface area contributed by atoms with Gasteiger partial charge in [0.2, 0.25) is 0 Å². The van der Waals surface area contributed by atoms with Crippen LogP contribution in [0.3, 0.4) is 0 Å². The van der Waals surface area contributed by atoms with Crippen LogP contribution in [0.2, 0.25) is 36.3 Å². The van der Waals surface area contributed by atoms with E-state index in [4.69, 9.17) is 13.6 Å². The van der Waals surface area contributed by atoms with E-state index in [0.717, 1.165) is 11.5 Å². The molecule has 0 atom stereocenters. The largest absolute Gasteiger partial charge is 0.541 e. The van der Waals surface area contributed by atoms with Crippen molar-refractivity contribution >= 4 is 16.6 Å². The minimum absolute atomic E-state index is 0.158. The van der Waals surface area contributed by atoms with Crippen LogP contribution in [-0.2, 0) is 4.43 Å². The SMILES string of the molecule is CC(C)(C)[Si](C)(C)OCCOc1ccccc1O[Si](C)(C)C(C)(C)C. The number of benzene rings is 1. The maximum Gasteiger partial charge on any atom is 0.250 e. The maximum atomic E-state index is 6.43. The fourth-order valence-corrected chi connectivity index (χ4v) is 3.80. The molecule has 0 amide bonds. The van der Waals surface area contributed by atoms with E-state index in [1.165, 1.54) is 0 Å². The lowest BCUT2D eigenvalue weighted by atomic mass is 10.2. The second-order valence-electron chi connectivity index (χ2n) is 9.77. The van der Waals surface area contributed by atoms with Crippen LogP contribution >= 0.6 is 0 Å². The molecule has 1 aromatic carbocycles. The summed E-state index contributed by atoms with van der Waals surface area (Å²) in [6.07, 6.45) is 0. The molecule has 1 rings (SSSR count). The first-order valence-electron chi connectivity index (χ1n) is 9.22. The Morgan fingerprint density at radius 3 is 1.68 bits per heavy atom. The molecular weight excluding hydrogens is 344 g/mol. The molecule has 0 bridgehead atoms. The summed E-state index contributed by atoms with van der Waals surface area (Å²) in [6.45, 7) is 23.7. The summed E-state index contributed by atoms with van der Waals surface area (Å²) in [6, 6.07) is 7.98. The van der Waals surface area contributed by atoms with E-state index in [1.807, 2.05) is 24.3 Å². The lowest BCUT2D eigenvalue weighted by Crippen LogP contribution is -2.44. The van der Waals surface area contributed by atoms with Crippen molar-refractivity contribution in [3.8, 4) is 11.5 Å². The first-order chi connectivity index (χ1) is 11.2. The zero-order valence-corrected chi connectivity index (χ0v) is 19.9. The van der Waals surface area contributed by atoms with Gasteiger partial charge in [0.25, 0.3) is 8.32 Å². The highest BCUT2D eigenvalue weighted by atomic mass is 28.4. The fraction of sp³-hybridized carbons (Fsp3) is 0.700. The monoisotopic (exact) mass is 382 g/mol. The molecule has 1 aromatic rings. The van der Waals surface area contributed by atoms with Gasteiger partial charge < -0.3 is 13.6 Å². The molecule has 5 heteroatoms. The van der Waals surface area contributed by atoms with Gasteiger partial charge in [0.1, 0.15) is 12.4 Å². The highest BCUT2D eigenvalue weighted by molar-refractivity contribution is 6.75. The Morgan fingerprint density at radius 1 is 0.720 bits per heavy atom. The summed E-state index contributed by atoms with van der Waals surface area (Å²) in [5, 5.41) is 0.377. The van der Waals surface area contributed by atoms with Gasteiger partial charge in [-0.15, -0.1) is 0 Å². The van der Waals surface area contributed by atoms with Crippen LogP contribution < -0.4 is 9.16 Å². The second-order valence-corrected chi connectivity index (χ2v) is 19.3. The molecule has 3 nitrogen and oxygen atoms in total. The van der Waals surface area contributed by atoms with Gasteiger partial charge in [0.15, 0.2) is 14.1 Å². The third-order valence-corrected chi connectivity index (χ3v) is 14.5. The Labute approximate surface area is 157 Å². The lowest BCUT2D eigenvalue weighted by molar-refractivity contribution is 0.200. The van der Waals surface area contributed by atoms with Crippen molar-refractivity contribution in [3.05, 3.63) is 24.3 Å². The number of rotatable bonds is 7. The zero-order valence-electron chi connectivity index (χ0n) is 17.9. The average Bonchev–Trinajstić information content (AvgIpc) is 2.42. The predicted octanol–water partition coefficient (Wildman–Crippen LogP) is 6.47. The van der Waals surface area contributed by atoms with Crippen molar-refractivity contribution in [1.29, 1.82) is 0 Å². The average molecular weight is 383 g/mol. The normalized spacial score (nSPS) is 13.7. The molecule has 0 aromatic heterocycles. The van der Waals surface area contributed by atoms with Crippen LogP contribution in [0.1, 0.15) is 41.5 Å². The van der Waals surface area contributed by atoms with E-state index in [1.54, 1.807) is 0 Å². The third-order valence-electron chi connectivity index (χ3n) is 5.63. The van der Waals surface area contributed by atoms with E-state index < -0.39 is 16.6 Å². The second kappa shape index (κ2) is 7.84. The summed E-state index contributed by atoms with van der Waals surface area (Å²) in [5.41, 5.74) is 0. The van der Waals surface area contributed by atoms with Gasteiger partial charge in [-0.25, -0.2) is 0 Å². The predicted molar refractivity (Wildman–Crippen MR) is 113 cm³/mol. The molecule has 0 radical (unpaired) electrons. The molecule has 0 aliphatic carbocycles. The quantitative estimate of drug-likeness (QED) is 0.399. The molecule has 0 aliphatic heterocycles. The molecule has 0 saturated carbocycles. The maximum absolute atomic E-state index is 6.43. The van der Waals surface area contributed by atoms with Gasteiger partial charge in [-0.3, -0.25) is 0 Å². The Bertz CT molecular complexity index is 555. The number of hydrogen-bond donors (Lipinski definition) is 0. The minimum Gasteiger partial charge on any atom is -0.541 e. The molecule has 0 fully saturated rings. The van der Waals surface area contributed by atoms with Crippen molar-refractivity contribution in [3.63, 3.8) is 0 Å². The molecule has 0 saturated heterocycles. The van der Waals surface area contributed by atoms with Gasteiger partial charge in [0.05, 0.1) is 6.61 Å². The van der Waals surface area contributed by atoms with Gasteiger partial charge in [0, 0.05) is 0 Å². The van der Waals surface area contributed by atoms with Crippen molar-refractivity contribution in [2.75, 3.05) is 13.2 Å². The van der Waals surface area contributed by atoms with Crippen molar-refractivity contribution < 1.29 is 13.6 Å². The fourth-order valence-electron chi connectivity index (χ4n) is 1.75. The number of para-hydroxylation sites is 2. The first kappa shape index (κ1) is 22.3. The smallest absolute Gasteiger partial charge is 0.250 e. The Balaban J connectivity index is 2.70. The van der Waals surface area contributed by atoms with Crippen LogP contribution in [0.25, 0.3) is 0 Å². The number of hydrogen-bond acceptors (Lipinski definition) is 3. The lowest BCUT2D eigenvalue weighted by Gasteiger charge is -2.37. The van der Waals surface area contributed by atoms with Crippen LogP contribution in [-0.4, -0.2) is 29.8 Å². The minimum atomic E-state index is -1.88. The first-order valence-corrected chi connectivity index (χ1v) is 15.0. The highest BCUT2D eigenvalue weighted by Crippen LogP contribution is 2.40. The van der Waals surface area contributed by atoms with Crippen LogP contribution in [0.4, 0.5) is 0 Å². The Kier molecular flexibility index (Phi) is 6.98. The molecule has 0 aliphatic rings. The highest BCUT2D eigenvalue weighted by Gasteiger charge is 2.39. The summed E-state index contributed by atoms with van der Waals surface area (Å²) in [7, 11) is -3.61. The van der Waals surface area contributed by atoms with E-state index >= 15 is 0 Å². The van der Waals surface area contributed by atoms with Crippen molar-refractivity contribution in [2.24, 2.45) is 0 Å². The Hall–Kier alpha value is -0.786. The van der Waals surface area contributed by atoms with E-state index in [9.17, 15) is 0 Å². The summed E-state index contributed by atoms with van der Waals surface area (Å²) in [4.78, 5) is 0. The van der Waals surface area contributed by atoms with E-state index in [0.29, 0.717) is 13.2 Å².